The summed E-state index contributed by atoms with van der Waals surface area (Å²) in [6.45, 7) is 7.82. The SMILES string of the molecule is CCN(CC)C(=O)C(=Cc1cn(CC)c2ccccc12)NC(=O)c1ccccc1OC. The van der Waals surface area contributed by atoms with E-state index in [2.05, 4.69) is 22.9 Å². The zero-order valence-corrected chi connectivity index (χ0v) is 18.5. The second-order valence-electron chi connectivity index (χ2n) is 7.08. The number of ether oxygens (including phenoxy) is 1. The highest BCUT2D eigenvalue weighted by Gasteiger charge is 2.21. The molecule has 0 spiro atoms. The number of rotatable bonds is 8. The number of nitrogens with zero attached hydrogens (tertiary/aromatic N) is 2. The third-order valence-electron chi connectivity index (χ3n) is 5.34. The molecule has 162 valence electrons. The van der Waals surface area contributed by atoms with Gasteiger partial charge < -0.3 is 19.5 Å². The molecule has 0 atom stereocenters. The summed E-state index contributed by atoms with van der Waals surface area (Å²) in [5.41, 5.74) is 2.58. The standard InChI is InChI=1S/C25H29N3O3/c1-5-27(6-2)25(30)21(26-24(29)20-13-9-11-15-23(20)31-4)16-18-17-28(7-3)22-14-10-8-12-19(18)22/h8-17H,5-7H2,1-4H3,(H,26,29). The van der Waals surface area contributed by atoms with Gasteiger partial charge in [-0.05, 0) is 45.0 Å². The summed E-state index contributed by atoms with van der Waals surface area (Å²) in [5, 5.41) is 3.87. The Labute approximate surface area is 183 Å². The second-order valence-corrected chi connectivity index (χ2v) is 7.08. The van der Waals surface area contributed by atoms with Gasteiger partial charge in [0.05, 0.1) is 12.7 Å². The molecule has 2 amide bonds. The van der Waals surface area contributed by atoms with Gasteiger partial charge in [-0.1, -0.05) is 30.3 Å². The number of fused-ring (bicyclic) bond motifs is 1. The Kier molecular flexibility index (Phi) is 7.13. The van der Waals surface area contributed by atoms with Crippen molar-refractivity contribution < 1.29 is 14.3 Å². The van der Waals surface area contributed by atoms with Crippen LogP contribution in [0.3, 0.4) is 0 Å². The third kappa shape index (κ3) is 4.63. The fourth-order valence-corrected chi connectivity index (χ4v) is 3.66. The quantitative estimate of drug-likeness (QED) is 0.554. The van der Waals surface area contributed by atoms with E-state index in [1.54, 1.807) is 35.2 Å². The molecule has 31 heavy (non-hydrogen) atoms. The highest BCUT2D eigenvalue weighted by molar-refractivity contribution is 6.07. The summed E-state index contributed by atoms with van der Waals surface area (Å²) in [6.07, 6.45) is 3.78. The zero-order valence-electron chi connectivity index (χ0n) is 18.5. The number of hydrogen-bond acceptors (Lipinski definition) is 3. The van der Waals surface area contributed by atoms with Crippen LogP contribution in [0.5, 0.6) is 5.75 Å². The van der Waals surface area contributed by atoms with Crippen LogP contribution in [0.4, 0.5) is 0 Å². The van der Waals surface area contributed by atoms with E-state index in [0.717, 1.165) is 23.0 Å². The fraction of sp³-hybridized carbons (Fsp3) is 0.280. The van der Waals surface area contributed by atoms with Crippen LogP contribution >= 0.6 is 0 Å². The van der Waals surface area contributed by atoms with E-state index in [4.69, 9.17) is 4.74 Å². The first-order valence-electron chi connectivity index (χ1n) is 10.6. The van der Waals surface area contributed by atoms with E-state index < -0.39 is 0 Å². The lowest BCUT2D eigenvalue weighted by atomic mass is 10.1. The Bertz CT molecular complexity index is 1110. The molecule has 1 N–H and O–H groups in total. The molecule has 1 heterocycles. The van der Waals surface area contributed by atoms with Crippen molar-refractivity contribution in [3.8, 4) is 5.75 Å². The van der Waals surface area contributed by atoms with Crippen molar-refractivity contribution >= 4 is 28.8 Å². The van der Waals surface area contributed by atoms with Crippen molar-refractivity contribution in [1.82, 2.24) is 14.8 Å². The van der Waals surface area contributed by atoms with Gasteiger partial charge in [-0.2, -0.15) is 0 Å². The minimum atomic E-state index is -0.386. The van der Waals surface area contributed by atoms with Crippen molar-refractivity contribution in [3.05, 3.63) is 71.6 Å². The number of benzene rings is 2. The highest BCUT2D eigenvalue weighted by Crippen LogP contribution is 2.24. The molecular weight excluding hydrogens is 390 g/mol. The van der Waals surface area contributed by atoms with Gasteiger partial charge in [0.2, 0.25) is 0 Å². The third-order valence-corrected chi connectivity index (χ3v) is 5.34. The van der Waals surface area contributed by atoms with Gasteiger partial charge >= 0.3 is 0 Å². The van der Waals surface area contributed by atoms with Crippen LogP contribution in [0, 0.1) is 0 Å². The number of nitrogens with one attached hydrogen (secondary N) is 1. The average Bonchev–Trinajstić information content (AvgIpc) is 3.16. The first-order valence-corrected chi connectivity index (χ1v) is 10.6. The van der Waals surface area contributed by atoms with Crippen LogP contribution in [0.1, 0.15) is 36.7 Å². The lowest BCUT2D eigenvalue weighted by Crippen LogP contribution is -2.38. The molecule has 0 aliphatic heterocycles. The lowest BCUT2D eigenvalue weighted by molar-refractivity contribution is -0.127. The highest BCUT2D eigenvalue weighted by atomic mass is 16.5. The number of aryl methyl sites for hydroxylation is 1. The number of carbonyl (C=O) groups is 2. The molecular formula is C25H29N3O3. The molecule has 0 bridgehead atoms. The largest absolute Gasteiger partial charge is 0.496 e. The number of hydrogen-bond donors (Lipinski definition) is 1. The van der Waals surface area contributed by atoms with Crippen molar-refractivity contribution in [3.63, 3.8) is 0 Å². The minimum Gasteiger partial charge on any atom is -0.496 e. The molecule has 0 saturated heterocycles. The molecule has 6 heteroatoms. The summed E-state index contributed by atoms with van der Waals surface area (Å²) in [4.78, 5) is 28.0. The van der Waals surface area contributed by atoms with Gasteiger partial charge in [-0.3, -0.25) is 9.59 Å². The van der Waals surface area contributed by atoms with Crippen LogP contribution in [-0.2, 0) is 11.3 Å². The lowest BCUT2D eigenvalue weighted by Gasteiger charge is -2.21. The maximum absolute atomic E-state index is 13.2. The van der Waals surface area contributed by atoms with Gasteiger partial charge in [-0.15, -0.1) is 0 Å². The van der Waals surface area contributed by atoms with E-state index in [1.165, 1.54) is 7.11 Å². The monoisotopic (exact) mass is 419 g/mol. The molecule has 0 unspecified atom stereocenters. The van der Waals surface area contributed by atoms with Gasteiger partial charge in [0, 0.05) is 42.3 Å². The Hall–Kier alpha value is -3.54. The molecule has 0 radical (unpaired) electrons. The molecule has 2 aromatic carbocycles. The minimum absolute atomic E-state index is 0.221. The maximum Gasteiger partial charge on any atom is 0.270 e. The van der Waals surface area contributed by atoms with E-state index in [1.807, 2.05) is 38.2 Å². The van der Waals surface area contributed by atoms with Crippen molar-refractivity contribution in [2.75, 3.05) is 20.2 Å². The molecule has 1 aromatic heterocycles. The Balaban J connectivity index is 2.07. The van der Waals surface area contributed by atoms with Crippen LogP contribution in [0.2, 0.25) is 0 Å². The Morgan fingerprint density at radius 2 is 1.71 bits per heavy atom. The number of amides is 2. The molecule has 3 rings (SSSR count). The normalized spacial score (nSPS) is 11.4. The summed E-state index contributed by atoms with van der Waals surface area (Å²) < 4.78 is 7.44. The molecule has 0 fully saturated rings. The van der Waals surface area contributed by atoms with Crippen LogP contribution in [-0.4, -0.2) is 41.5 Å². The Morgan fingerprint density at radius 1 is 1.03 bits per heavy atom. The number of carbonyl (C=O) groups excluding carboxylic acids is 2. The first-order chi connectivity index (χ1) is 15.0. The topological polar surface area (TPSA) is 63.6 Å². The van der Waals surface area contributed by atoms with Crippen LogP contribution < -0.4 is 10.1 Å². The molecule has 0 aliphatic rings. The van der Waals surface area contributed by atoms with Gasteiger partial charge in [0.15, 0.2) is 0 Å². The van der Waals surface area contributed by atoms with Crippen molar-refractivity contribution in [2.24, 2.45) is 0 Å². The second kappa shape index (κ2) is 9.98. The summed E-state index contributed by atoms with van der Waals surface area (Å²) in [7, 11) is 1.52. The molecule has 0 saturated carbocycles. The van der Waals surface area contributed by atoms with Crippen molar-refractivity contribution in [1.29, 1.82) is 0 Å². The summed E-state index contributed by atoms with van der Waals surface area (Å²) in [6, 6.07) is 15.0. The smallest absolute Gasteiger partial charge is 0.270 e. The maximum atomic E-state index is 13.2. The molecule has 0 aliphatic carbocycles. The van der Waals surface area contributed by atoms with E-state index >= 15 is 0 Å². The van der Waals surface area contributed by atoms with Crippen LogP contribution in [0.25, 0.3) is 17.0 Å². The predicted octanol–water partition coefficient (Wildman–Crippen LogP) is 4.31. The average molecular weight is 420 g/mol. The fourth-order valence-electron chi connectivity index (χ4n) is 3.66. The zero-order chi connectivity index (χ0) is 22.4. The van der Waals surface area contributed by atoms with Crippen molar-refractivity contribution in [2.45, 2.75) is 27.3 Å². The van der Waals surface area contributed by atoms with E-state index in [0.29, 0.717) is 24.4 Å². The number of para-hydroxylation sites is 2. The van der Waals surface area contributed by atoms with E-state index in [9.17, 15) is 9.59 Å². The van der Waals surface area contributed by atoms with Crippen LogP contribution in [0.15, 0.2) is 60.4 Å². The number of aromatic nitrogens is 1. The molecule has 6 nitrogen and oxygen atoms in total. The van der Waals surface area contributed by atoms with Gasteiger partial charge in [0.25, 0.3) is 11.8 Å². The Morgan fingerprint density at radius 3 is 2.39 bits per heavy atom. The van der Waals surface area contributed by atoms with Gasteiger partial charge in [0.1, 0.15) is 11.4 Å². The summed E-state index contributed by atoms with van der Waals surface area (Å²) in [5.74, 6) is -0.151. The molecule has 3 aromatic rings. The predicted molar refractivity (Wildman–Crippen MR) is 124 cm³/mol. The van der Waals surface area contributed by atoms with Gasteiger partial charge in [-0.25, -0.2) is 0 Å². The number of likely N-dealkylation sites (N-methyl/N-ethyl adjacent to an activating group) is 1. The number of methoxy groups -OCH3 is 1. The first kappa shape index (κ1) is 22.2. The summed E-state index contributed by atoms with van der Waals surface area (Å²) >= 11 is 0. The van der Waals surface area contributed by atoms with E-state index in [-0.39, 0.29) is 17.5 Å².